The molecule has 0 unspecified atom stereocenters. The Labute approximate surface area is 76.0 Å². The quantitative estimate of drug-likeness (QED) is 0.532. The van der Waals surface area contributed by atoms with Crippen molar-refractivity contribution in [2.75, 3.05) is 12.5 Å². The van der Waals surface area contributed by atoms with Gasteiger partial charge in [-0.3, -0.25) is 0 Å². The molecule has 1 aliphatic rings. The van der Waals surface area contributed by atoms with Crippen molar-refractivity contribution in [1.82, 2.24) is 5.32 Å². The van der Waals surface area contributed by atoms with Gasteiger partial charge in [-0.15, -0.1) is 11.6 Å². The Balaban J connectivity index is 2.36. The second-order valence-corrected chi connectivity index (χ2v) is 2.60. The van der Waals surface area contributed by atoms with Gasteiger partial charge in [0.05, 0.1) is 5.88 Å². The predicted molar refractivity (Wildman–Crippen MR) is 46.7 cm³/mol. The smallest absolute Gasteiger partial charge is 0.354 e. The second-order valence-electron chi connectivity index (χ2n) is 2.23. The summed E-state index contributed by atoms with van der Waals surface area (Å²) in [5.74, 6) is -0.0190. The number of halogens is 1. The Morgan fingerprint density at radius 2 is 2.58 bits per heavy atom. The highest BCUT2D eigenvalue weighted by molar-refractivity contribution is 6.18. The van der Waals surface area contributed by atoms with Gasteiger partial charge in [0.1, 0.15) is 12.3 Å². The molecule has 0 aliphatic carbocycles. The molecule has 0 fully saturated rings. The van der Waals surface area contributed by atoms with Crippen LogP contribution in [0.3, 0.4) is 0 Å². The number of ether oxygens (including phenoxy) is 1. The third kappa shape index (κ3) is 2.58. The van der Waals surface area contributed by atoms with Crippen molar-refractivity contribution in [2.24, 2.45) is 0 Å². The third-order valence-corrected chi connectivity index (χ3v) is 1.50. The molecule has 0 aromatic rings. The minimum Gasteiger partial charge on any atom is -0.460 e. The van der Waals surface area contributed by atoms with Crippen molar-refractivity contribution in [3.63, 3.8) is 0 Å². The number of dihydropyridines is 1. The Bertz CT molecular complexity index is 223. The minimum atomic E-state index is -0.347. The molecule has 1 heterocycles. The highest BCUT2D eigenvalue weighted by atomic mass is 35.5. The van der Waals surface area contributed by atoms with Crippen molar-refractivity contribution in [3.05, 3.63) is 24.0 Å². The first-order valence-corrected chi connectivity index (χ1v) is 4.23. The molecule has 66 valence electrons. The van der Waals surface area contributed by atoms with Crippen LogP contribution in [-0.2, 0) is 9.53 Å². The fraction of sp³-hybridized carbons (Fsp3) is 0.375. The van der Waals surface area contributed by atoms with E-state index in [1.54, 1.807) is 12.3 Å². The summed E-state index contributed by atoms with van der Waals surface area (Å²) in [6, 6.07) is 0. The van der Waals surface area contributed by atoms with Crippen molar-refractivity contribution >= 4 is 17.6 Å². The number of allylic oxidation sites excluding steroid dienone is 2. The fourth-order valence-corrected chi connectivity index (χ4v) is 0.890. The first kappa shape index (κ1) is 9.13. The van der Waals surface area contributed by atoms with Crippen LogP contribution in [0.25, 0.3) is 0 Å². The molecule has 0 saturated carbocycles. The molecule has 0 aromatic carbocycles. The summed E-state index contributed by atoms with van der Waals surface area (Å²) in [6.45, 7) is 0.253. The van der Waals surface area contributed by atoms with Crippen LogP contribution in [0.5, 0.6) is 0 Å². The topological polar surface area (TPSA) is 38.3 Å². The third-order valence-electron chi connectivity index (χ3n) is 1.34. The summed E-state index contributed by atoms with van der Waals surface area (Å²) in [7, 11) is 0. The van der Waals surface area contributed by atoms with Gasteiger partial charge in [-0.05, 0) is 18.7 Å². The van der Waals surface area contributed by atoms with E-state index in [0.29, 0.717) is 11.6 Å². The highest BCUT2D eigenvalue weighted by Gasteiger charge is 2.09. The largest absolute Gasteiger partial charge is 0.460 e. The maximum Gasteiger partial charge on any atom is 0.354 e. The molecule has 0 atom stereocenters. The SMILES string of the molecule is O=C(OCCCl)C1=CCC=CN1. The molecule has 0 bridgehead atoms. The number of rotatable bonds is 3. The van der Waals surface area contributed by atoms with Gasteiger partial charge < -0.3 is 10.1 Å². The zero-order valence-electron chi connectivity index (χ0n) is 6.55. The van der Waals surface area contributed by atoms with Crippen LogP contribution in [-0.4, -0.2) is 18.5 Å². The fourth-order valence-electron chi connectivity index (χ4n) is 0.813. The lowest BCUT2D eigenvalue weighted by Gasteiger charge is -2.09. The number of hydrogen-bond acceptors (Lipinski definition) is 3. The summed E-state index contributed by atoms with van der Waals surface area (Å²) in [6.07, 6.45) is 6.17. The molecule has 0 saturated heterocycles. The van der Waals surface area contributed by atoms with Crippen LogP contribution in [0, 0.1) is 0 Å². The predicted octanol–water partition coefficient (Wildman–Crippen LogP) is 1.16. The molecule has 1 aliphatic heterocycles. The normalized spacial score (nSPS) is 14.9. The Kier molecular flexibility index (Phi) is 3.67. The number of esters is 1. The Hall–Kier alpha value is -0.960. The van der Waals surface area contributed by atoms with Crippen LogP contribution in [0.2, 0.25) is 0 Å². The molecule has 0 aromatic heterocycles. The van der Waals surface area contributed by atoms with Gasteiger partial charge in [0.25, 0.3) is 0 Å². The van der Waals surface area contributed by atoms with Gasteiger partial charge in [0, 0.05) is 0 Å². The number of carbonyl (C=O) groups excluding carboxylic acids is 1. The molecule has 3 nitrogen and oxygen atoms in total. The number of hydrogen-bond donors (Lipinski definition) is 1. The van der Waals surface area contributed by atoms with Gasteiger partial charge in [-0.25, -0.2) is 4.79 Å². The molecule has 1 N–H and O–H groups in total. The van der Waals surface area contributed by atoms with Crippen LogP contribution >= 0.6 is 11.6 Å². The van der Waals surface area contributed by atoms with Crippen LogP contribution in [0.1, 0.15) is 6.42 Å². The Morgan fingerprint density at radius 1 is 1.75 bits per heavy atom. The van der Waals surface area contributed by atoms with Crippen LogP contribution < -0.4 is 5.32 Å². The second kappa shape index (κ2) is 4.83. The van der Waals surface area contributed by atoms with Gasteiger partial charge in [-0.2, -0.15) is 0 Å². The van der Waals surface area contributed by atoms with E-state index >= 15 is 0 Å². The summed E-state index contributed by atoms with van der Waals surface area (Å²) >= 11 is 5.35. The van der Waals surface area contributed by atoms with Crippen molar-refractivity contribution in [1.29, 1.82) is 0 Å². The van der Waals surface area contributed by atoms with E-state index in [2.05, 4.69) is 5.32 Å². The molecule has 0 amide bonds. The summed E-state index contributed by atoms with van der Waals surface area (Å²) < 4.78 is 4.80. The van der Waals surface area contributed by atoms with Crippen LogP contribution in [0.15, 0.2) is 24.0 Å². The van der Waals surface area contributed by atoms with Crippen molar-refractivity contribution < 1.29 is 9.53 Å². The average molecular weight is 188 g/mol. The van der Waals surface area contributed by atoms with E-state index in [1.165, 1.54) is 0 Å². The highest BCUT2D eigenvalue weighted by Crippen LogP contribution is 2.02. The summed E-state index contributed by atoms with van der Waals surface area (Å²) in [4.78, 5) is 11.1. The molecular formula is C8H10ClNO2. The lowest BCUT2D eigenvalue weighted by Crippen LogP contribution is -2.20. The van der Waals surface area contributed by atoms with E-state index in [-0.39, 0.29) is 12.6 Å². The van der Waals surface area contributed by atoms with E-state index in [1.807, 2.05) is 6.08 Å². The first-order chi connectivity index (χ1) is 5.84. The summed E-state index contributed by atoms with van der Waals surface area (Å²) in [5.41, 5.74) is 0.489. The molecule has 12 heavy (non-hydrogen) atoms. The van der Waals surface area contributed by atoms with E-state index in [9.17, 15) is 4.79 Å². The standard InChI is InChI=1S/C8H10ClNO2/c9-4-6-12-8(11)7-3-1-2-5-10-7/h2-3,5,10H,1,4,6H2. The molecule has 4 heteroatoms. The van der Waals surface area contributed by atoms with Gasteiger partial charge in [0.15, 0.2) is 0 Å². The zero-order valence-corrected chi connectivity index (χ0v) is 7.30. The summed E-state index contributed by atoms with van der Waals surface area (Å²) in [5, 5.41) is 2.79. The van der Waals surface area contributed by atoms with E-state index < -0.39 is 0 Å². The Morgan fingerprint density at radius 3 is 3.17 bits per heavy atom. The lowest BCUT2D eigenvalue weighted by molar-refractivity contribution is -0.138. The van der Waals surface area contributed by atoms with Crippen molar-refractivity contribution in [3.8, 4) is 0 Å². The molecule has 1 rings (SSSR count). The van der Waals surface area contributed by atoms with Gasteiger partial charge >= 0.3 is 5.97 Å². The maximum atomic E-state index is 11.1. The molecule has 0 spiro atoms. The number of carbonyl (C=O) groups is 1. The number of alkyl halides is 1. The molecule has 0 radical (unpaired) electrons. The maximum absolute atomic E-state index is 11.1. The van der Waals surface area contributed by atoms with Crippen molar-refractivity contribution in [2.45, 2.75) is 6.42 Å². The number of nitrogens with one attached hydrogen (secondary N) is 1. The first-order valence-electron chi connectivity index (χ1n) is 3.69. The monoisotopic (exact) mass is 187 g/mol. The van der Waals surface area contributed by atoms with Crippen LogP contribution in [0.4, 0.5) is 0 Å². The van der Waals surface area contributed by atoms with E-state index in [0.717, 1.165) is 6.42 Å². The molecular weight excluding hydrogens is 178 g/mol. The average Bonchev–Trinajstić information content (AvgIpc) is 2.15. The lowest BCUT2D eigenvalue weighted by atomic mass is 10.2. The van der Waals surface area contributed by atoms with E-state index in [4.69, 9.17) is 16.3 Å². The van der Waals surface area contributed by atoms with Gasteiger partial charge in [0.2, 0.25) is 0 Å². The minimum absolute atomic E-state index is 0.253. The van der Waals surface area contributed by atoms with Gasteiger partial charge in [-0.1, -0.05) is 6.08 Å². The zero-order chi connectivity index (χ0) is 8.81.